The van der Waals surface area contributed by atoms with Crippen LogP contribution in [-0.4, -0.2) is 31.1 Å². The standard InChI is InChI=1S/C13H17N3O4/c1-7-4-5-10(14)9(6-7)12(18)20-8(2)11(17)16-13(19)15-3/h4-6,8H,14H2,1-3H3,(H2,15,16,17,19). The number of nitrogen functional groups attached to an aromatic ring is 1. The number of hydrogen-bond donors (Lipinski definition) is 3. The molecule has 0 spiro atoms. The van der Waals surface area contributed by atoms with Gasteiger partial charge in [0.2, 0.25) is 0 Å². The Labute approximate surface area is 116 Å². The summed E-state index contributed by atoms with van der Waals surface area (Å²) >= 11 is 0. The Balaban J connectivity index is 2.72. The molecule has 0 bridgehead atoms. The van der Waals surface area contributed by atoms with Crippen LogP contribution in [0.25, 0.3) is 0 Å². The van der Waals surface area contributed by atoms with E-state index in [4.69, 9.17) is 10.5 Å². The molecule has 0 aliphatic carbocycles. The molecule has 20 heavy (non-hydrogen) atoms. The molecule has 108 valence electrons. The van der Waals surface area contributed by atoms with E-state index in [0.717, 1.165) is 5.56 Å². The Morgan fingerprint density at radius 2 is 1.95 bits per heavy atom. The molecule has 0 saturated heterocycles. The summed E-state index contributed by atoms with van der Waals surface area (Å²) in [7, 11) is 1.37. The summed E-state index contributed by atoms with van der Waals surface area (Å²) in [5.74, 6) is -1.44. The third-order valence-corrected chi connectivity index (χ3v) is 2.55. The van der Waals surface area contributed by atoms with Crippen molar-refractivity contribution < 1.29 is 19.1 Å². The monoisotopic (exact) mass is 279 g/mol. The fraction of sp³-hybridized carbons (Fsp3) is 0.308. The van der Waals surface area contributed by atoms with E-state index in [0.29, 0.717) is 0 Å². The maximum absolute atomic E-state index is 11.9. The quantitative estimate of drug-likeness (QED) is 0.553. The molecule has 1 rings (SSSR count). The molecule has 0 aliphatic rings. The molecule has 1 aromatic carbocycles. The second-order valence-electron chi connectivity index (χ2n) is 4.21. The molecule has 7 heteroatoms. The normalized spacial score (nSPS) is 11.3. The second kappa shape index (κ2) is 6.55. The predicted molar refractivity (Wildman–Crippen MR) is 73.1 cm³/mol. The minimum absolute atomic E-state index is 0.185. The molecule has 7 nitrogen and oxygen atoms in total. The van der Waals surface area contributed by atoms with E-state index >= 15 is 0 Å². The summed E-state index contributed by atoms with van der Waals surface area (Å²) in [6.45, 7) is 3.17. The first-order valence-electron chi connectivity index (χ1n) is 5.94. The second-order valence-corrected chi connectivity index (χ2v) is 4.21. The van der Waals surface area contributed by atoms with E-state index in [-0.39, 0.29) is 11.3 Å². The van der Waals surface area contributed by atoms with Gasteiger partial charge in [0.05, 0.1) is 5.56 Å². The maximum Gasteiger partial charge on any atom is 0.341 e. The number of benzene rings is 1. The van der Waals surface area contributed by atoms with Crippen LogP contribution in [0.3, 0.4) is 0 Å². The van der Waals surface area contributed by atoms with Gasteiger partial charge in [0.1, 0.15) is 0 Å². The molecular weight excluding hydrogens is 262 g/mol. The number of carbonyl (C=O) groups excluding carboxylic acids is 3. The largest absolute Gasteiger partial charge is 0.449 e. The van der Waals surface area contributed by atoms with Crippen LogP contribution in [0.15, 0.2) is 18.2 Å². The molecule has 3 amide bonds. The molecule has 0 fully saturated rings. The first-order chi connectivity index (χ1) is 9.35. The van der Waals surface area contributed by atoms with E-state index in [9.17, 15) is 14.4 Å². The Morgan fingerprint density at radius 1 is 1.30 bits per heavy atom. The molecule has 0 heterocycles. The molecule has 1 aromatic rings. The first kappa shape index (κ1) is 15.5. The van der Waals surface area contributed by atoms with Crippen molar-refractivity contribution in [1.82, 2.24) is 10.6 Å². The fourth-order valence-corrected chi connectivity index (χ4v) is 1.40. The van der Waals surface area contributed by atoms with Crippen molar-refractivity contribution in [2.24, 2.45) is 0 Å². The summed E-state index contributed by atoms with van der Waals surface area (Å²) in [6.07, 6.45) is -1.11. The predicted octanol–water partition coefficient (Wildman–Crippen LogP) is 0.578. The van der Waals surface area contributed by atoms with E-state index < -0.39 is 24.0 Å². The van der Waals surface area contributed by atoms with Crippen LogP contribution in [0, 0.1) is 6.92 Å². The number of nitrogens with one attached hydrogen (secondary N) is 2. The molecule has 0 radical (unpaired) electrons. The van der Waals surface area contributed by atoms with Gasteiger partial charge in [0.15, 0.2) is 6.10 Å². The number of imide groups is 1. The third kappa shape index (κ3) is 3.98. The van der Waals surface area contributed by atoms with Crippen LogP contribution in [0.5, 0.6) is 0 Å². The summed E-state index contributed by atoms with van der Waals surface area (Å²) < 4.78 is 4.97. The van der Waals surface area contributed by atoms with Gasteiger partial charge in [0.25, 0.3) is 5.91 Å². The first-order valence-corrected chi connectivity index (χ1v) is 5.94. The average Bonchev–Trinajstić information content (AvgIpc) is 2.40. The summed E-state index contributed by atoms with van der Waals surface area (Å²) in [5, 5.41) is 4.24. The van der Waals surface area contributed by atoms with Crippen molar-refractivity contribution in [1.29, 1.82) is 0 Å². The molecule has 0 saturated carbocycles. The zero-order valence-corrected chi connectivity index (χ0v) is 11.5. The number of hydrogen-bond acceptors (Lipinski definition) is 5. The number of amides is 3. The van der Waals surface area contributed by atoms with Gasteiger partial charge in [-0.2, -0.15) is 0 Å². The lowest BCUT2D eigenvalue weighted by Crippen LogP contribution is -2.43. The topological polar surface area (TPSA) is 111 Å². The van der Waals surface area contributed by atoms with Crippen LogP contribution >= 0.6 is 0 Å². The van der Waals surface area contributed by atoms with Crippen molar-refractivity contribution in [3.8, 4) is 0 Å². The Bertz CT molecular complexity index is 542. The minimum Gasteiger partial charge on any atom is -0.449 e. The third-order valence-electron chi connectivity index (χ3n) is 2.55. The van der Waals surface area contributed by atoms with Gasteiger partial charge >= 0.3 is 12.0 Å². The molecule has 1 unspecified atom stereocenters. The Kier molecular flexibility index (Phi) is 5.08. The average molecular weight is 279 g/mol. The fourth-order valence-electron chi connectivity index (χ4n) is 1.40. The van der Waals surface area contributed by atoms with E-state index in [2.05, 4.69) is 5.32 Å². The van der Waals surface area contributed by atoms with Crippen molar-refractivity contribution in [3.05, 3.63) is 29.3 Å². The maximum atomic E-state index is 11.9. The van der Waals surface area contributed by atoms with Gasteiger partial charge in [-0.25, -0.2) is 9.59 Å². The highest BCUT2D eigenvalue weighted by Crippen LogP contribution is 2.15. The smallest absolute Gasteiger partial charge is 0.341 e. The lowest BCUT2D eigenvalue weighted by molar-refractivity contribution is -0.127. The highest BCUT2D eigenvalue weighted by molar-refractivity contribution is 6.00. The van der Waals surface area contributed by atoms with Gasteiger partial charge < -0.3 is 15.8 Å². The number of ether oxygens (including phenoxy) is 1. The highest BCUT2D eigenvalue weighted by atomic mass is 16.5. The Morgan fingerprint density at radius 3 is 2.55 bits per heavy atom. The summed E-state index contributed by atoms with van der Waals surface area (Å²) in [4.78, 5) is 34.4. The van der Waals surface area contributed by atoms with Gasteiger partial charge in [-0.05, 0) is 26.0 Å². The van der Waals surface area contributed by atoms with E-state index in [1.54, 1.807) is 25.1 Å². The SMILES string of the molecule is CNC(=O)NC(=O)C(C)OC(=O)c1cc(C)ccc1N. The zero-order valence-electron chi connectivity index (χ0n) is 11.5. The summed E-state index contributed by atoms with van der Waals surface area (Å²) in [5.41, 5.74) is 6.97. The summed E-state index contributed by atoms with van der Waals surface area (Å²) in [6, 6.07) is 4.24. The lowest BCUT2D eigenvalue weighted by atomic mass is 10.1. The van der Waals surface area contributed by atoms with Crippen molar-refractivity contribution >= 4 is 23.6 Å². The number of anilines is 1. The van der Waals surface area contributed by atoms with Gasteiger partial charge in [-0.3, -0.25) is 10.1 Å². The molecule has 1 atom stereocenters. The van der Waals surface area contributed by atoms with Gasteiger partial charge in [-0.15, -0.1) is 0 Å². The van der Waals surface area contributed by atoms with Crippen LogP contribution in [0.1, 0.15) is 22.8 Å². The molecule has 0 aromatic heterocycles. The number of esters is 1. The number of urea groups is 1. The number of aryl methyl sites for hydroxylation is 1. The number of rotatable bonds is 3. The van der Waals surface area contributed by atoms with Gasteiger partial charge in [-0.1, -0.05) is 11.6 Å². The molecular formula is C13H17N3O4. The van der Waals surface area contributed by atoms with Crippen molar-refractivity contribution in [2.75, 3.05) is 12.8 Å². The van der Waals surface area contributed by atoms with Crippen LogP contribution in [0.4, 0.5) is 10.5 Å². The van der Waals surface area contributed by atoms with E-state index in [1.807, 2.05) is 5.32 Å². The van der Waals surface area contributed by atoms with E-state index in [1.165, 1.54) is 14.0 Å². The van der Waals surface area contributed by atoms with Crippen molar-refractivity contribution in [2.45, 2.75) is 20.0 Å². The van der Waals surface area contributed by atoms with Gasteiger partial charge in [0, 0.05) is 12.7 Å². The van der Waals surface area contributed by atoms with Crippen LogP contribution in [0.2, 0.25) is 0 Å². The lowest BCUT2D eigenvalue weighted by Gasteiger charge is -2.13. The van der Waals surface area contributed by atoms with Crippen LogP contribution < -0.4 is 16.4 Å². The Hall–Kier alpha value is -2.57. The van der Waals surface area contributed by atoms with Crippen LogP contribution in [-0.2, 0) is 9.53 Å². The molecule has 4 N–H and O–H groups in total. The molecule has 0 aliphatic heterocycles. The minimum atomic E-state index is -1.11. The van der Waals surface area contributed by atoms with Crippen molar-refractivity contribution in [3.63, 3.8) is 0 Å². The highest BCUT2D eigenvalue weighted by Gasteiger charge is 2.21. The number of carbonyl (C=O) groups is 3. The zero-order chi connectivity index (χ0) is 15.3. The number of nitrogens with two attached hydrogens (primary N) is 1.